The molecule has 10 heteroatoms. The zero-order chi connectivity index (χ0) is 48.5. The minimum absolute atomic E-state index is 0. The molecule has 0 aliphatic heterocycles. The van der Waals surface area contributed by atoms with E-state index in [1.165, 1.54) is 133 Å². The van der Waals surface area contributed by atoms with Crippen LogP contribution in [0, 0.1) is 138 Å². The topological polar surface area (TPSA) is 0 Å². The summed E-state index contributed by atoms with van der Waals surface area (Å²) in [7, 11) is 0. The van der Waals surface area contributed by atoms with Crippen molar-refractivity contribution in [2.24, 2.45) is 0 Å². The summed E-state index contributed by atoms with van der Waals surface area (Å²) in [6, 6.07) is 43.5. The Labute approximate surface area is 544 Å². The maximum atomic E-state index is 2.26. The van der Waals surface area contributed by atoms with Gasteiger partial charge in [-0.05, 0) is 0 Å². The van der Waals surface area contributed by atoms with Gasteiger partial charge >= 0.3 is 56.7 Å². The van der Waals surface area contributed by atoms with Crippen LogP contribution in [0.15, 0.2) is 121 Å². The quantitative estimate of drug-likeness (QED) is 0.122. The van der Waals surface area contributed by atoms with Crippen LogP contribution in [0.5, 0.6) is 0 Å². The molecule has 74 heavy (non-hydrogen) atoms. The zero-order valence-electron chi connectivity index (χ0n) is 47.4. The third-order valence-electron chi connectivity index (χ3n) is 16.4. The molecule has 0 saturated heterocycles. The van der Waals surface area contributed by atoms with Crippen molar-refractivity contribution in [3.8, 4) is 0 Å². The van der Waals surface area contributed by atoms with E-state index in [0.29, 0.717) is 0 Å². The van der Waals surface area contributed by atoms with Gasteiger partial charge in [0.2, 0.25) is 0 Å². The van der Waals surface area contributed by atoms with E-state index < -0.39 is 6.15 Å². The monoisotopic (exact) mass is 1820 g/mol. The summed E-state index contributed by atoms with van der Waals surface area (Å²) in [5.41, 5.74) is 34.7. The minimum Gasteiger partial charge on any atom is -2.00 e. The molecule has 0 bridgehead atoms. The van der Waals surface area contributed by atoms with Crippen molar-refractivity contribution in [2.75, 3.05) is 0 Å². The van der Waals surface area contributed by atoms with Crippen molar-refractivity contribution in [3.63, 3.8) is 0 Å². The molecule has 0 amide bonds. The normalized spacial score (nSPS) is 9.46. The Kier molecular flexibility index (Phi) is 43.7. The molecule has 8 aromatic carbocycles. The first-order valence-electron chi connectivity index (χ1n) is 23.8. The Morgan fingerprint density at radius 3 is 0.432 bits per heavy atom. The SMILES string of the molecule is Cc1c(C)c(C)[c-](C)c1C.Cc1c(C)c(C)[c-](C)c1C.Cc1c(C)c(C)[c-](C)c1C.Cc1c(C)c(C)[c-](C)c1C.[Ir+3].[Ir+3].[Ir].[Ir].[Ni+3].[S-2].[S-2].[S-2].[S-2].c1ccc([B-](c2ccccc2)(c2ccccc2)c2ccccc2)cc1. The third-order valence-corrected chi connectivity index (χ3v) is 16.4. The number of rotatable bonds is 4. The second-order valence-corrected chi connectivity index (χ2v) is 19.0. The van der Waals surface area contributed by atoms with Gasteiger partial charge in [-0.2, -0.15) is 133 Å². The Balaban J connectivity index is -0.000000203. The van der Waals surface area contributed by atoms with Gasteiger partial charge in [0.1, 0.15) is 6.15 Å². The maximum absolute atomic E-state index is 2.26. The van der Waals surface area contributed by atoms with Crippen LogP contribution in [-0.4, -0.2) is 6.15 Å². The maximum Gasteiger partial charge on any atom is 3.00 e. The van der Waals surface area contributed by atoms with Crippen LogP contribution in [0.1, 0.15) is 111 Å². The standard InChI is InChI=1S/C24H20B.4C10H15.4Ir.Ni.4S/c1-5-13-21(14-6-1)25(22-15-7-2-8-16-22,23-17-9-3-10-18-23)24-19-11-4-12-20-24;4*1-6-7(2)9(4)10(5)8(6)3;;;;;;;;;/h1-20H;4*1-5H3;;;;;;;;;/q5*-1;;;3*+3;4*-2. The molecule has 0 aromatic heterocycles. The van der Waals surface area contributed by atoms with Gasteiger partial charge in [-0.25, -0.2) is 0 Å². The van der Waals surface area contributed by atoms with Crippen LogP contribution in [0.3, 0.4) is 0 Å². The van der Waals surface area contributed by atoms with Gasteiger partial charge in [-0.3, -0.25) is 0 Å². The third kappa shape index (κ3) is 19.0. The van der Waals surface area contributed by atoms with Gasteiger partial charge < -0.3 is 54.0 Å². The van der Waals surface area contributed by atoms with E-state index in [4.69, 9.17) is 0 Å². The summed E-state index contributed by atoms with van der Waals surface area (Å²) in [4.78, 5) is 0. The Hall–Kier alpha value is -1.16. The fourth-order valence-electron chi connectivity index (χ4n) is 9.75. The second kappa shape index (κ2) is 38.4. The molecule has 0 atom stereocenters. The molecule has 0 fully saturated rings. The smallest absolute Gasteiger partial charge is 2.00 e. The van der Waals surface area contributed by atoms with E-state index in [0.717, 1.165) is 0 Å². The van der Waals surface area contributed by atoms with Crippen LogP contribution in [0.2, 0.25) is 0 Å². The first-order valence-corrected chi connectivity index (χ1v) is 23.8. The molecule has 0 unspecified atom stereocenters. The zero-order valence-corrected chi connectivity index (χ0v) is 61.2. The van der Waals surface area contributed by atoms with Crippen molar-refractivity contribution in [2.45, 2.75) is 138 Å². The molecule has 413 valence electrons. The summed E-state index contributed by atoms with van der Waals surface area (Å²) < 4.78 is 0. The first-order chi connectivity index (χ1) is 30.6. The number of benzene rings is 4. The van der Waals surface area contributed by atoms with Crippen LogP contribution in [-0.2, 0) is 151 Å². The molecule has 0 aliphatic carbocycles. The van der Waals surface area contributed by atoms with Crippen LogP contribution >= 0.6 is 0 Å². The van der Waals surface area contributed by atoms with Gasteiger partial charge in [-0.15, -0.1) is 0 Å². The van der Waals surface area contributed by atoms with Gasteiger partial charge in [0, 0.05) is 40.2 Å². The predicted octanol–water partition coefficient (Wildman–Crippen LogP) is 14.8. The molecular weight excluding hydrogens is 1740 g/mol. The average Bonchev–Trinajstić information content (AvgIpc) is 3.77. The minimum atomic E-state index is -1.22. The molecule has 0 saturated carbocycles. The van der Waals surface area contributed by atoms with Crippen molar-refractivity contribution in [1.29, 1.82) is 0 Å². The van der Waals surface area contributed by atoms with Crippen LogP contribution < -0.4 is 21.9 Å². The van der Waals surface area contributed by atoms with Crippen molar-refractivity contribution >= 4 is 82.0 Å². The van der Waals surface area contributed by atoms with E-state index >= 15 is 0 Å². The molecule has 0 aliphatic rings. The largest absolute Gasteiger partial charge is 3.00 e. The molecule has 0 heterocycles. The predicted molar refractivity (Wildman–Crippen MR) is 322 cm³/mol. The van der Waals surface area contributed by atoms with E-state index in [9.17, 15) is 0 Å². The molecule has 3 radical (unpaired) electrons. The molecule has 8 rings (SSSR count). The first kappa shape index (κ1) is 84.1. The van der Waals surface area contributed by atoms with E-state index in [2.05, 4.69) is 260 Å². The summed E-state index contributed by atoms with van der Waals surface area (Å²) in [6.07, 6.45) is -1.22. The Morgan fingerprint density at radius 2 is 0.351 bits per heavy atom. The van der Waals surface area contributed by atoms with Gasteiger partial charge in [0.15, 0.2) is 0 Å². The Morgan fingerprint density at radius 1 is 0.243 bits per heavy atom. The van der Waals surface area contributed by atoms with Crippen molar-refractivity contribution in [3.05, 3.63) is 233 Å². The van der Waals surface area contributed by atoms with Crippen molar-refractivity contribution < 1.29 is 96.9 Å². The molecule has 8 aromatic rings. The van der Waals surface area contributed by atoms with Crippen molar-refractivity contribution in [1.82, 2.24) is 0 Å². The molecule has 0 N–H and O–H groups in total. The average molecular weight is 1820 g/mol. The van der Waals surface area contributed by atoms with E-state index in [1.807, 2.05) is 0 Å². The molecule has 0 spiro atoms. The summed E-state index contributed by atoms with van der Waals surface area (Å²) in [6.45, 7) is 44.0. The summed E-state index contributed by atoms with van der Waals surface area (Å²) in [5.74, 6) is 0. The molecular formula is C64H80BIr4NiS4-4. The fraction of sp³-hybridized carbons (Fsp3) is 0.312. The van der Waals surface area contributed by atoms with Gasteiger partial charge in [0.25, 0.3) is 0 Å². The van der Waals surface area contributed by atoms with Crippen LogP contribution in [0.25, 0.3) is 0 Å². The number of hydrogen-bond acceptors (Lipinski definition) is 0. The van der Waals surface area contributed by atoms with E-state index in [1.54, 1.807) is 0 Å². The summed E-state index contributed by atoms with van der Waals surface area (Å²) >= 11 is 0. The van der Waals surface area contributed by atoms with E-state index in [-0.39, 0.29) is 151 Å². The second-order valence-electron chi connectivity index (χ2n) is 19.0. The Bertz CT molecular complexity index is 2100. The molecule has 0 nitrogen and oxygen atoms in total. The number of hydrogen-bond donors (Lipinski definition) is 0. The van der Waals surface area contributed by atoms with Gasteiger partial charge in [-0.1, -0.05) is 260 Å². The fourth-order valence-corrected chi connectivity index (χ4v) is 9.75. The summed E-state index contributed by atoms with van der Waals surface area (Å²) in [5, 5.41) is 0. The van der Waals surface area contributed by atoms with Gasteiger partial charge in [0.05, 0.1) is 0 Å². The van der Waals surface area contributed by atoms with Crippen LogP contribution in [0.4, 0.5) is 0 Å².